The lowest BCUT2D eigenvalue weighted by atomic mass is 9.94. The van der Waals surface area contributed by atoms with E-state index in [-0.39, 0.29) is 5.91 Å². The molecule has 0 unspecified atom stereocenters. The van der Waals surface area contributed by atoms with Crippen LogP contribution in [0.1, 0.15) is 74.8 Å². The molecule has 4 heteroatoms. The van der Waals surface area contributed by atoms with Crippen molar-refractivity contribution in [2.24, 2.45) is 5.92 Å². The number of likely N-dealkylation sites (tertiary alicyclic amines) is 1. The monoisotopic (exact) mass is 294 g/mol. The summed E-state index contributed by atoms with van der Waals surface area (Å²) in [7, 11) is 0. The van der Waals surface area contributed by atoms with E-state index >= 15 is 0 Å². The van der Waals surface area contributed by atoms with E-state index in [1.807, 2.05) is 5.38 Å². The Balaban J connectivity index is 2.12. The highest BCUT2D eigenvalue weighted by atomic mass is 32.1. The Hall–Kier alpha value is -0.900. The van der Waals surface area contributed by atoms with Crippen LogP contribution >= 0.6 is 11.3 Å². The minimum atomic E-state index is 0.138. The molecule has 1 aliphatic heterocycles. The molecule has 1 atom stereocenters. The lowest BCUT2D eigenvalue weighted by Crippen LogP contribution is -2.44. The highest BCUT2D eigenvalue weighted by Crippen LogP contribution is 2.26. The summed E-state index contributed by atoms with van der Waals surface area (Å²) in [5, 5.41) is 2.99. The van der Waals surface area contributed by atoms with Crippen molar-refractivity contribution in [3.63, 3.8) is 0 Å². The van der Waals surface area contributed by atoms with Crippen molar-refractivity contribution in [3.05, 3.63) is 16.1 Å². The molecule has 1 aliphatic rings. The molecule has 20 heavy (non-hydrogen) atoms. The predicted octanol–water partition coefficient (Wildman–Crippen LogP) is 4.31. The van der Waals surface area contributed by atoms with Crippen LogP contribution in [-0.2, 0) is 0 Å². The molecule has 1 saturated heterocycles. The van der Waals surface area contributed by atoms with Crippen LogP contribution in [0.15, 0.2) is 5.38 Å². The molecule has 0 N–H and O–H groups in total. The quantitative estimate of drug-likeness (QED) is 0.829. The molecule has 1 aromatic heterocycles. The zero-order chi connectivity index (χ0) is 14.7. The van der Waals surface area contributed by atoms with E-state index in [0.29, 0.717) is 23.6 Å². The Kier molecular flexibility index (Phi) is 5.19. The van der Waals surface area contributed by atoms with Crippen molar-refractivity contribution < 1.29 is 4.79 Å². The molecule has 0 spiro atoms. The maximum absolute atomic E-state index is 12.7. The highest BCUT2D eigenvalue weighted by molar-refractivity contribution is 7.09. The van der Waals surface area contributed by atoms with Gasteiger partial charge in [-0.05, 0) is 31.6 Å². The second-order valence-electron chi connectivity index (χ2n) is 6.50. The van der Waals surface area contributed by atoms with Crippen molar-refractivity contribution >= 4 is 17.2 Å². The fraction of sp³-hybridized carbons (Fsp3) is 0.750. The maximum atomic E-state index is 12.7. The number of hydrogen-bond donors (Lipinski definition) is 0. The summed E-state index contributed by atoms with van der Waals surface area (Å²) < 4.78 is 0. The molecular formula is C16H26N2OS. The Morgan fingerprint density at radius 3 is 2.75 bits per heavy atom. The molecule has 3 nitrogen and oxygen atoms in total. The van der Waals surface area contributed by atoms with E-state index in [1.165, 1.54) is 6.42 Å². The van der Waals surface area contributed by atoms with Gasteiger partial charge in [-0.25, -0.2) is 4.98 Å². The number of rotatable bonds is 4. The molecule has 2 rings (SSSR count). The van der Waals surface area contributed by atoms with Crippen molar-refractivity contribution in [2.75, 3.05) is 6.54 Å². The van der Waals surface area contributed by atoms with Gasteiger partial charge in [0.15, 0.2) is 0 Å². The first-order valence-corrected chi connectivity index (χ1v) is 8.63. The van der Waals surface area contributed by atoms with Gasteiger partial charge in [0.25, 0.3) is 5.91 Å². The lowest BCUT2D eigenvalue weighted by Gasteiger charge is -2.36. The number of nitrogens with zero attached hydrogens (tertiary/aromatic N) is 2. The van der Waals surface area contributed by atoms with E-state index < -0.39 is 0 Å². The SMILES string of the molecule is CC(C)C[C@@H]1CCCCN1C(=O)c1csc(C(C)C)n1. The number of aromatic nitrogens is 1. The van der Waals surface area contributed by atoms with Gasteiger partial charge in [-0.2, -0.15) is 0 Å². The molecular weight excluding hydrogens is 268 g/mol. The molecule has 0 bridgehead atoms. The Bertz CT molecular complexity index is 453. The standard InChI is InChI=1S/C16H26N2OS/c1-11(2)9-13-7-5-6-8-18(13)16(19)14-10-20-15(17-14)12(3)4/h10-13H,5-9H2,1-4H3/t13-/m0/s1. The van der Waals surface area contributed by atoms with Gasteiger partial charge in [-0.3, -0.25) is 4.79 Å². The summed E-state index contributed by atoms with van der Waals surface area (Å²) in [6, 6.07) is 0.403. The molecule has 0 radical (unpaired) electrons. The summed E-state index contributed by atoms with van der Waals surface area (Å²) in [6.07, 6.45) is 4.62. The number of carbonyl (C=O) groups excluding carboxylic acids is 1. The van der Waals surface area contributed by atoms with Gasteiger partial charge in [0.05, 0.1) is 5.01 Å². The van der Waals surface area contributed by atoms with Crippen LogP contribution in [0.5, 0.6) is 0 Å². The minimum Gasteiger partial charge on any atom is -0.334 e. The van der Waals surface area contributed by atoms with Gasteiger partial charge in [0.1, 0.15) is 5.69 Å². The zero-order valence-corrected chi connectivity index (χ0v) is 13.9. The van der Waals surface area contributed by atoms with Crippen molar-refractivity contribution in [1.82, 2.24) is 9.88 Å². The van der Waals surface area contributed by atoms with E-state index in [0.717, 1.165) is 30.8 Å². The van der Waals surface area contributed by atoms with Crippen LogP contribution in [0.25, 0.3) is 0 Å². The minimum absolute atomic E-state index is 0.138. The normalized spacial score (nSPS) is 19.9. The van der Waals surface area contributed by atoms with Crippen LogP contribution in [0.3, 0.4) is 0 Å². The fourth-order valence-electron chi connectivity index (χ4n) is 2.86. The molecule has 0 aliphatic carbocycles. The number of hydrogen-bond acceptors (Lipinski definition) is 3. The summed E-state index contributed by atoms with van der Waals surface area (Å²) in [5.41, 5.74) is 0.648. The topological polar surface area (TPSA) is 33.2 Å². The zero-order valence-electron chi connectivity index (χ0n) is 13.1. The van der Waals surface area contributed by atoms with Gasteiger partial charge in [-0.15, -0.1) is 11.3 Å². The van der Waals surface area contributed by atoms with E-state index in [4.69, 9.17) is 0 Å². The van der Waals surface area contributed by atoms with Gasteiger partial charge >= 0.3 is 0 Å². The second kappa shape index (κ2) is 6.70. The van der Waals surface area contributed by atoms with Crippen molar-refractivity contribution in [2.45, 2.75) is 65.3 Å². The first-order valence-electron chi connectivity index (χ1n) is 7.75. The van der Waals surface area contributed by atoms with Gasteiger partial charge in [-0.1, -0.05) is 27.7 Å². The van der Waals surface area contributed by atoms with Crippen LogP contribution in [-0.4, -0.2) is 28.4 Å². The highest BCUT2D eigenvalue weighted by Gasteiger charge is 2.29. The predicted molar refractivity (Wildman–Crippen MR) is 84.3 cm³/mol. The first kappa shape index (κ1) is 15.5. The van der Waals surface area contributed by atoms with Crippen molar-refractivity contribution in [3.8, 4) is 0 Å². The number of carbonyl (C=O) groups is 1. The van der Waals surface area contributed by atoms with Gasteiger partial charge < -0.3 is 4.90 Å². The molecule has 0 saturated carbocycles. The molecule has 2 heterocycles. The lowest BCUT2D eigenvalue weighted by molar-refractivity contribution is 0.0579. The molecule has 1 amide bonds. The van der Waals surface area contributed by atoms with E-state index in [9.17, 15) is 4.79 Å². The largest absolute Gasteiger partial charge is 0.334 e. The summed E-state index contributed by atoms with van der Waals surface area (Å²) in [4.78, 5) is 19.3. The second-order valence-corrected chi connectivity index (χ2v) is 7.39. The Labute approximate surface area is 126 Å². The number of amides is 1. The smallest absolute Gasteiger partial charge is 0.273 e. The van der Waals surface area contributed by atoms with Crippen LogP contribution in [0.2, 0.25) is 0 Å². The third-order valence-corrected chi connectivity index (χ3v) is 5.01. The molecule has 0 aromatic carbocycles. The van der Waals surface area contributed by atoms with Crippen LogP contribution in [0.4, 0.5) is 0 Å². The van der Waals surface area contributed by atoms with Crippen LogP contribution in [0, 0.1) is 5.92 Å². The molecule has 1 fully saturated rings. The Morgan fingerprint density at radius 1 is 1.40 bits per heavy atom. The van der Waals surface area contributed by atoms with Crippen molar-refractivity contribution in [1.29, 1.82) is 0 Å². The number of thiazole rings is 1. The number of piperidine rings is 1. The molecule has 1 aromatic rings. The van der Waals surface area contributed by atoms with Crippen LogP contribution < -0.4 is 0 Å². The van der Waals surface area contributed by atoms with Gasteiger partial charge in [0.2, 0.25) is 0 Å². The average molecular weight is 294 g/mol. The third kappa shape index (κ3) is 3.60. The van der Waals surface area contributed by atoms with Gasteiger partial charge in [0, 0.05) is 23.9 Å². The molecule has 112 valence electrons. The fourth-order valence-corrected chi connectivity index (χ4v) is 3.66. The van der Waals surface area contributed by atoms with E-state index in [2.05, 4.69) is 37.6 Å². The first-order chi connectivity index (χ1) is 9.49. The third-order valence-electron chi connectivity index (χ3n) is 3.87. The summed E-state index contributed by atoms with van der Waals surface area (Å²) in [5.74, 6) is 1.17. The average Bonchev–Trinajstić information content (AvgIpc) is 2.87. The Morgan fingerprint density at radius 2 is 2.15 bits per heavy atom. The van der Waals surface area contributed by atoms with E-state index in [1.54, 1.807) is 11.3 Å². The maximum Gasteiger partial charge on any atom is 0.273 e. The summed E-state index contributed by atoms with van der Waals surface area (Å²) in [6.45, 7) is 9.60. The summed E-state index contributed by atoms with van der Waals surface area (Å²) >= 11 is 1.61.